The van der Waals surface area contributed by atoms with Crippen LogP contribution in [-0.2, 0) is 11.2 Å². The van der Waals surface area contributed by atoms with Crippen molar-refractivity contribution in [2.45, 2.75) is 19.3 Å². The van der Waals surface area contributed by atoms with E-state index in [9.17, 15) is 4.79 Å². The highest BCUT2D eigenvalue weighted by atomic mass is 35.5. The van der Waals surface area contributed by atoms with Gasteiger partial charge in [0.1, 0.15) is 0 Å². The summed E-state index contributed by atoms with van der Waals surface area (Å²) in [5.41, 5.74) is 3.05. The molecule has 0 atom stereocenters. The first kappa shape index (κ1) is 16.2. The molecular weight excluding hydrogens is 331 g/mol. The number of benzene rings is 2. The van der Waals surface area contributed by atoms with Crippen molar-refractivity contribution in [3.8, 4) is 0 Å². The van der Waals surface area contributed by atoms with E-state index in [0.29, 0.717) is 23.0 Å². The third kappa shape index (κ3) is 3.80. The van der Waals surface area contributed by atoms with Gasteiger partial charge in [-0.15, -0.1) is 0 Å². The van der Waals surface area contributed by atoms with E-state index < -0.39 is 0 Å². The zero-order chi connectivity index (χ0) is 16.2. The summed E-state index contributed by atoms with van der Waals surface area (Å²) >= 11 is 12.1. The summed E-state index contributed by atoms with van der Waals surface area (Å²) in [5, 5.41) is 4.40. The fourth-order valence-corrected chi connectivity index (χ4v) is 3.22. The van der Waals surface area contributed by atoms with Crippen LogP contribution in [0, 0.1) is 0 Å². The molecule has 23 heavy (non-hydrogen) atoms. The highest BCUT2D eigenvalue weighted by molar-refractivity contribution is 6.35. The van der Waals surface area contributed by atoms with Crippen LogP contribution in [0.5, 0.6) is 0 Å². The Hall–Kier alpha value is -1.71. The molecule has 5 heteroatoms. The van der Waals surface area contributed by atoms with Crippen molar-refractivity contribution in [2.75, 3.05) is 23.3 Å². The number of nitrogens with zero attached hydrogens (tertiary/aromatic N) is 1. The number of rotatable bonds is 4. The molecule has 1 amide bonds. The summed E-state index contributed by atoms with van der Waals surface area (Å²) in [4.78, 5) is 14.4. The predicted octanol–water partition coefficient (Wildman–Crippen LogP) is 4.77. The monoisotopic (exact) mass is 348 g/mol. The minimum atomic E-state index is 0.128. The molecule has 1 heterocycles. The lowest BCUT2D eigenvalue weighted by molar-refractivity contribution is -0.118. The molecule has 2 aromatic carbocycles. The number of hydrogen-bond donors (Lipinski definition) is 1. The van der Waals surface area contributed by atoms with Gasteiger partial charge in [-0.2, -0.15) is 0 Å². The summed E-state index contributed by atoms with van der Waals surface area (Å²) < 4.78 is 0. The number of halogens is 2. The second-order valence-electron chi connectivity index (χ2n) is 5.58. The first-order valence-electron chi connectivity index (χ1n) is 7.72. The van der Waals surface area contributed by atoms with Crippen molar-refractivity contribution in [1.29, 1.82) is 0 Å². The normalized spacial score (nSPS) is 13.6. The maximum atomic E-state index is 12.5. The van der Waals surface area contributed by atoms with Crippen LogP contribution in [0.2, 0.25) is 10.0 Å². The van der Waals surface area contributed by atoms with Gasteiger partial charge in [-0.25, -0.2) is 0 Å². The summed E-state index contributed by atoms with van der Waals surface area (Å²) in [5.74, 6) is 0.128. The average Bonchev–Trinajstić information content (AvgIpc) is 2.57. The molecule has 0 saturated carbocycles. The minimum Gasteiger partial charge on any atom is -0.383 e. The molecule has 0 radical (unpaired) electrons. The minimum absolute atomic E-state index is 0.128. The van der Waals surface area contributed by atoms with E-state index in [0.717, 1.165) is 30.8 Å². The summed E-state index contributed by atoms with van der Waals surface area (Å²) in [7, 11) is 0. The van der Waals surface area contributed by atoms with Crippen molar-refractivity contribution in [1.82, 2.24) is 0 Å². The molecule has 0 fully saturated rings. The van der Waals surface area contributed by atoms with Crippen LogP contribution in [0.25, 0.3) is 0 Å². The number of carbonyl (C=O) groups excluding carboxylic acids is 1. The number of aryl methyl sites for hydroxylation is 1. The highest BCUT2D eigenvalue weighted by Crippen LogP contribution is 2.28. The molecular formula is C18H18Cl2N2O. The van der Waals surface area contributed by atoms with Gasteiger partial charge in [0.2, 0.25) is 5.91 Å². The Morgan fingerprint density at radius 3 is 2.87 bits per heavy atom. The van der Waals surface area contributed by atoms with E-state index in [1.807, 2.05) is 23.1 Å². The fourth-order valence-electron chi connectivity index (χ4n) is 2.86. The first-order valence-corrected chi connectivity index (χ1v) is 8.48. The SMILES string of the molecule is O=C(CCNc1cc(Cl)ccc1Cl)N1CCCc2ccccc21. The molecule has 1 aliphatic heterocycles. The van der Waals surface area contributed by atoms with Crippen molar-refractivity contribution in [2.24, 2.45) is 0 Å². The average molecular weight is 349 g/mol. The van der Waals surface area contributed by atoms with Crippen LogP contribution in [0.3, 0.4) is 0 Å². The van der Waals surface area contributed by atoms with Gasteiger partial charge in [0.25, 0.3) is 0 Å². The van der Waals surface area contributed by atoms with E-state index in [1.54, 1.807) is 18.2 Å². The van der Waals surface area contributed by atoms with Gasteiger partial charge in [0.15, 0.2) is 0 Å². The smallest absolute Gasteiger partial charge is 0.228 e. The molecule has 0 bridgehead atoms. The maximum Gasteiger partial charge on any atom is 0.228 e. The lowest BCUT2D eigenvalue weighted by Gasteiger charge is -2.29. The van der Waals surface area contributed by atoms with Crippen LogP contribution < -0.4 is 10.2 Å². The quantitative estimate of drug-likeness (QED) is 0.862. The topological polar surface area (TPSA) is 32.3 Å². The molecule has 0 spiro atoms. The molecule has 1 N–H and O–H groups in total. The molecule has 3 rings (SSSR count). The zero-order valence-corrected chi connectivity index (χ0v) is 14.2. The fraction of sp³-hybridized carbons (Fsp3) is 0.278. The molecule has 0 aliphatic carbocycles. The van der Waals surface area contributed by atoms with Gasteiger partial charge in [0.05, 0.1) is 10.7 Å². The van der Waals surface area contributed by atoms with Crippen LogP contribution in [0.1, 0.15) is 18.4 Å². The van der Waals surface area contributed by atoms with Gasteiger partial charge in [-0.3, -0.25) is 4.79 Å². The van der Waals surface area contributed by atoms with E-state index in [1.165, 1.54) is 5.56 Å². The van der Waals surface area contributed by atoms with Gasteiger partial charge in [0, 0.05) is 30.2 Å². The van der Waals surface area contributed by atoms with Gasteiger partial charge in [-0.1, -0.05) is 41.4 Å². The Morgan fingerprint density at radius 1 is 1.17 bits per heavy atom. The number of carbonyl (C=O) groups is 1. The molecule has 1 aliphatic rings. The number of hydrogen-bond acceptors (Lipinski definition) is 2. The van der Waals surface area contributed by atoms with Crippen LogP contribution >= 0.6 is 23.2 Å². The second-order valence-corrected chi connectivity index (χ2v) is 6.42. The Kier molecular flexibility index (Phi) is 5.09. The number of anilines is 2. The van der Waals surface area contributed by atoms with Crippen LogP contribution in [0.15, 0.2) is 42.5 Å². The van der Waals surface area contributed by atoms with Crippen LogP contribution in [0.4, 0.5) is 11.4 Å². The lowest BCUT2D eigenvalue weighted by atomic mass is 10.0. The maximum absolute atomic E-state index is 12.5. The van der Waals surface area contributed by atoms with Crippen LogP contribution in [-0.4, -0.2) is 19.0 Å². The third-order valence-electron chi connectivity index (χ3n) is 3.99. The van der Waals surface area contributed by atoms with E-state index in [4.69, 9.17) is 23.2 Å². The molecule has 120 valence electrons. The molecule has 3 nitrogen and oxygen atoms in total. The molecule has 2 aromatic rings. The summed E-state index contributed by atoms with van der Waals surface area (Å²) in [6, 6.07) is 13.4. The van der Waals surface area contributed by atoms with Crippen molar-refractivity contribution in [3.63, 3.8) is 0 Å². The Balaban J connectivity index is 1.61. The standard InChI is InChI=1S/C18H18Cl2N2O/c19-14-7-8-15(20)16(12-14)21-10-9-18(23)22-11-3-5-13-4-1-2-6-17(13)22/h1-2,4,6-8,12,21H,3,5,9-11H2. The Bertz CT molecular complexity index is 718. The first-order chi connectivity index (χ1) is 11.1. The Morgan fingerprint density at radius 2 is 2.00 bits per heavy atom. The van der Waals surface area contributed by atoms with Gasteiger partial charge >= 0.3 is 0 Å². The lowest BCUT2D eigenvalue weighted by Crippen LogP contribution is -2.36. The number of para-hydroxylation sites is 1. The van der Waals surface area contributed by atoms with E-state index in [-0.39, 0.29) is 5.91 Å². The van der Waals surface area contributed by atoms with Gasteiger partial charge < -0.3 is 10.2 Å². The summed E-state index contributed by atoms with van der Waals surface area (Å²) in [6.45, 7) is 1.31. The van der Waals surface area contributed by atoms with Crippen molar-refractivity contribution < 1.29 is 4.79 Å². The van der Waals surface area contributed by atoms with E-state index in [2.05, 4.69) is 11.4 Å². The van der Waals surface area contributed by atoms with Crippen molar-refractivity contribution >= 4 is 40.5 Å². The zero-order valence-electron chi connectivity index (χ0n) is 12.7. The number of nitrogens with one attached hydrogen (secondary N) is 1. The van der Waals surface area contributed by atoms with Crippen molar-refractivity contribution in [3.05, 3.63) is 58.1 Å². The van der Waals surface area contributed by atoms with E-state index >= 15 is 0 Å². The number of fused-ring (bicyclic) bond motifs is 1. The predicted molar refractivity (Wildman–Crippen MR) is 96.7 cm³/mol. The highest BCUT2D eigenvalue weighted by Gasteiger charge is 2.21. The second kappa shape index (κ2) is 7.24. The Labute approximate surface area is 146 Å². The third-order valence-corrected chi connectivity index (χ3v) is 4.56. The number of amides is 1. The summed E-state index contributed by atoms with van der Waals surface area (Å²) in [6.07, 6.45) is 2.46. The molecule has 0 saturated heterocycles. The molecule has 0 aromatic heterocycles. The van der Waals surface area contributed by atoms with Gasteiger partial charge in [-0.05, 0) is 42.7 Å². The molecule has 0 unspecified atom stereocenters. The largest absolute Gasteiger partial charge is 0.383 e.